The molecule has 0 bridgehead atoms. The lowest BCUT2D eigenvalue weighted by Crippen LogP contribution is -1.99. The van der Waals surface area contributed by atoms with E-state index in [0.29, 0.717) is 11.3 Å². The smallest absolute Gasteiger partial charge is 0.203 e. The van der Waals surface area contributed by atoms with Gasteiger partial charge in [-0.05, 0) is 48.9 Å². The number of anilines is 1. The minimum absolute atomic E-state index is 0.0322. The van der Waals surface area contributed by atoms with E-state index in [1.807, 2.05) is 24.4 Å². The summed E-state index contributed by atoms with van der Waals surface area (Å²) in [5.74, 6) is -0.636. The average Bonchev–Trinajstić information content (AvgIpc) is 3.01. The Kier molecular flexibility index (Phi) is 5.35. The molecule has 0 saturated carbocycles. The number of ether oxygens (including phenoxy) is 1. The van der Waals surface area contributed by atoms with Crippen molar-refractivity contribution in [1.29, 1.82) is 0 Å². The number of aromatic nitrogens is 1. The molecule has 7 heteroatoms. The van der Waals surface area contributed by atoms with Crippen LogP contribution in [-0.4, -0.2) is 11.2 Å². The van der Waals surface area contributed by atoms with Gasteiger partial charge in [-0.3, -0.25) is 5.43 Å². The van der Waals surface area contributed by atoms with Crippen molar-refractivity contribution in [3.63, 3.8) is 0 Å². The summed E-state index contributed by atoms with van der Waals surface area (Å²) in [7, 11) is 0. The normalized spacial score (nSPS) is 11.0. The Morgan fingerprint density at radius 1 is 1.20 bits per heavy atom. The van der Waals surface area contributed by atoms with E-state index in [1.165, 1.54) is 23.5 Å². The van der Waals surface area contributed by atoms with Crippen LogP contribution < -0.4 is 10.2 Å². The van der Waals surface area contributed by atoms with Crippen molar-refractivity contribution in [1.82, 2.24) is 4.98 Å². The maximum absolute atomic E-state index is 13.5. The summed E-state index contributed by atoms with van der Waals surface area (Å²) >= 11 is 1.48. The van der Waals surface area contributed by atoms with Gasteiger partial charge in [0.2, 0.25) is 5.13 Å². The van der Waals surface area contributed by atoms with Crippen LogP contribution in [0.25, 0.3) is 0 Å². The van der Waals surface area contributed by atoms with Crippen LogP contribution in [0.3, 0.4) is 0 Å². The predicted molar refractivity (Wildman–Crippen MR) is 95.2 cm³/mol. The van der Waals surface area contributed by atoms with E-state index in [9.17, 15) is 8.78 Å². The van der Waals surface area contributed by atoms with Gasteiger partial charge in [-0.2, -0.15) is 5.10 Å². The lowest BCUT2D eigenvalue weighted by atomic mass is 10.2. The Morgan fingerprint density at radius 2 is 2.00 bits per heavy atom. The first-order valence-corrected chi connectivity index (χ1v) is 8.36. The molecule has 1 N–H and O–H groups in total. The molecule has 128 valence electrons. The molecule has 4 nitrogen and oxygen atoms in total. The Morgan fingerprint density at radius 3 is 2.68 bits per heavy atom. The Bertz CT molecular complexity index is 878. The highest BCUT2D eigenvalue weighted by molar-refractivity contribution is 7.13. The highest BCUT2D eigenvalue weighted by Crippen LogP contribution is 2.16. The summed E-state index contributed by atoms with van der Waals surface area (Å²) in [6.45, 7) is 1.95. The van der Waals surface area contributed by atoms with Crippen molar-refractivity contribution in [2.45, 2.75) is 13.5 Å². The van der Waals surface area contributed by atoms with E-state index in [2.05, 4.69) is 15.5 Å². The van der Waals surface area contributed by atoms with Crippen LogP contribution in [0.4, 0.5) is 13.9 Å². The Balaban J connectivity index is 1.54. The van der Waals surface area contributed by atoms with Gasteiger partial charge in [0.15, 0.2) is 0 Å². The van der Waals surface area contributed by atoms with E-state index in [0.717, 1.165) is 22.5 Å². The molecule has 3 aromatic rings. The number of nitrogens with zero attached hydrogens (tertiary/aromatic N) is 2. The number of hydrazone groups is 1. The van der Waals surface area contributed by atoms with Crippen LogP contribution in [0, 0.1) is 18.6 Å². The number of rotatable bonds is 6. The maximum atomic E-state index is 13.5. The highest BCUT2D eigenvalue weighted by Gasteiger charge is 2.04. The van der Waals surface area contributed by atoms with Crippen LogP contribution in [0.2, 0.25) is 0 Å². The summed E-state index contributed by atoms with van der Waals surface area (Å²) in [6, 6.07) is 10.6. The maximum Gasteiger partial charge on any atom is 0.203 e. The largest absolute Gasteiger partial charge is 0.489 e. The van der Waals surface area contributed by atoms with Gasteiger partial charge in [0.05, 0.1) is 11.9 Å². The van der Waals surface area contributed by atoms with Crippen molar-refractivity contribution < 1.29 is 13.5 Å². The third-order valence-corrected chi connectivity index (χ3v) is 4.15. The number of hydrogen-bond acceptors (Lipinski definition) is 5. The number of benzene rings is 2. The first kappa shape index (κ1) is 17.0. The predicted octanol–water partition coefficient (Wildman–Crippen LogP) is 4.75. The summed E-state index contributed by atoms with van der Waals surface area (Å²) in [5, 5.41) is 6.79. The van der Waals surface area contributed by atoms with Crippen LogP contribution in [-0.2, 0) is 6.61 Å². The topological polar surface area (TPSA) is 46.5 Å². The molecule has 1 aromatic heterocycles. The second-order valence-corrected chi connectivity index (χ2v) is 6.12. The second-order valence-electron chi connectivity index (χ2n) is 5.26. The summed E-state index contributed by atoms with van der Waals surface area (Å²) < 4.78 is 31.9. The number of halogens is 2. The van der Waals surface area contributed by atoms with Gasteiger partial charge in [-0.1, -0.05) is 0 Å². The average molecular weight is 359 g/mol. The van der Waals surface area contributed by atoms with Crippen LogP contribution in [0.1, 0.15) is 16.8 Å². The third kappa shape index (κ3) is 4.84. The molecular weight excluding hydrogens is 344 g/mol. The minimum atomic E-state index is -0.618. The van der Waals surface area contributed by atoms with Crippen molar-refractivity contribution in [2.75, 3.05) is 5.43 Å². The van der Waals surface area contributed by atoms with Gasteiger partial charge in [-0.15, -0.1) is 11.3 Å². The molecule has 25 heavy (non-hydrogen) atoms. The highest BCUT2D eigenvalue weighted by atomic mass is 32.1. The SMILES string of the molecule is Cc1csc(NN=Cc2ccc(OCc3ccc(F)cc3F)cc2)n1. The zero-order valence-electron chi connectivity index (χ0n) is 13.4. The van der Waals surface area contributed by atoms with Gasteiger partial charge >= 0.3 is 0 Å². The molecule has 3 rings (SSSR count). The standard InChI is InChI=1S/C18H15F2N3OS/c1-12-11-25-18(22-12)23-21-9-13-2-6-16(7-3-13)24-10-14-4-5-15(19)8-17(14)20/h2-9,11H,10H2,1H3,(H,22,23). The Labute approximate surface area is 147 Å². The fourth-order valence-corrected chi connectivity index (χ4v) is 2.65. The summed E-state index contributed by atoms with van der Waals surface area (Å²) in [4.78, 5) is 4.24. The lowest BCUT2D eigenvalue weighted by Gasteiger charge is -2.07. The quantitative estimate of drug-likeness (QED) is 0.510. The van der Waals surface area contributed by atoms with Gasteiger partial charge in [0.25, 0.3) is 0 Å². The molecule has 0 radical (unpaired) electrons. The molecular formula is C18H15F2N3OS. The first-order valence-electron chi connectivity index (χ1n) is 7.48. The molecule has 1 heterocycles. The number of hydrogen-bond donors (Lipinski definition) is 1. The number of aryl methyl sites for hydroxylation is 1. The van der Waals surface area contributed by atoms with Crippen molar-refractivity contribution in [3.8, 4) is 5.75 Å². The molecule has 0 saturated heterocycles. The van der Waals surface area contributed by atoms with Gasteiger partial charge in [0, 0.05) is 17.0 Å². The molecule has 0 spiro atoms. The minimum Gasteiger partial charge on any atom is -0.489 e. The zero-order chi connectivity index (χ0) is 17.6. The second kappa shape index (κ2) is 7.85. The van der Waals surface area contributed by atoms with Crippen molar-refractivity contribution in [2.24, 2.45) is 5.10 Å². The summed E-state index contributed by atoms with van der Waals surface area (Å²) in [5.41, 5.74) is 4.98. The Hall–Kier alpha value is -2.80. The molecule has 0 atom stereocenters. The molecule has 0 amide bonds. The van der Waals surface area contributed by atoms with Crippen LogP contribution in [0.15, 0.2) is 52.9 Å². The van der Waals surface area contributed by atoms with E-state index >= 15 is 0 Å². The molecule has 0 aliphatic rings. The molecule has 2 aromatic carbocycles. The van der Waals surface area contributed by atoms with E-state index in [1.54, 1.807) is 18.3 Å². The first-order chi connectivity index (χ1) is 12.1. The molecule has 0 aliphatic carbocycles. The van der Waals surface area contributed by atoms with Gasteiger partial charge in [-0.25, -0.2) is 13.8 Å². The fourth-order valence-electron chi connectivity index (χ4n) is 2.02. The van der Waals surface area contributed by atoms with Gasteiger partial charge < -0.3 is 4.74 Å². The molecule has 0 fully saturated rings. The van der Waals surface area contributed by atoms with E-state index in [4.69, 9.17) is 4.74 Å². The van der Waals surface area contributed by atoms with Crippen molar-refractivity contribution >= 4 is 22.7 Å². The van der Waals surface area contributed by atoms with Gasteiger partial charge in [0.1, 0.15) is 24.0 Å². The molecule has 0 unspecified atom stereocenters. The van der Waals surface area contributed by atoms with Crippen LogP contribution >= 0.6 is 11.3 Å². The van der Waals surface area contributed by atoms with Crippen molar-refractivity contribution in [3.05, 3.63) is 76.3 Å². The lowest BCUT2D eigenvalue weighted by molar-refractivity contribution is 0.299. The monoisotopic (exact) mass is 359 g/mol. The fraction of sp³-hybridized carbons (Fsp3) is 0.111. The third-order valence-electron chi connectivity index (χ3n) is 3.28. The number of nitrogens with one attached hydrogen (secondary N) is 1. The number of thiazole rings is 1. The van der Waals surface area contributed by atoms with Crippen LogP contribution in [0.5, 0.6) is 5.75 Å². The van der Waals surface area contributed by atoms with E-state index in [-0.39, 0.29) is 6.61 Å². The molecule has 0 aliphatic heterocycles. The zero-order valence-corrected chi connectivity index (χ0v) is 14.2. The summed E-state index contributed by atoms with van der Waals surface area (Å²) in [6.07, 6.45) is 1.67. The van der Waals surface area contributed by atoms with E-state index < -0.39 is 11.6 Å².